The van der Waals surface area contributed by atoms with E-state index in [-0.39, 0.29) is 22.7 Å². The molecule has 3 nitrogen and oxygen atoms in total. The van der Waals surface area contributed by atoms with Gasteiger partial charge in [0.25, 0.3) is 0 Å². The molecule has 0 radical (unpaired) electrons. The second kappa shape index (κ2) is 4.61. The molecule has 17 heavy (non-hydrogen) atoms. The third kappa shape index (κ3) is 2.08. The van der Waals surface area contributed by atoms with Gasteiger partial charge in [0.05, 0.1) is 5.56 Å². The third-order valence-corrected chi connectivity index (χ3v) is 2.48. The predicted molar refractivity (Wildman–Crippen MR) is 63.4 cm³/mol. The van der Waals surface area contributed by atoms with Gasteiger partial charge < -0.3 is 5.11 Å². The van der Waals surface area contributed by atoms with Crippen LogP contribution in [0.1, 0.15) is 26.3 Å². The molecule has 2 rings (SSSR count). The molecule has 0 saturated heterocycles. The molecule has 0 amide bonds. The number of ketones is 1. The minimum Gasteiger partial charge on any atom is -0.507 e. The van der Waals surface area contributed by atoms with E-state index in [2.05, 4.69) is 0 Å². The normalized spacial score (nSPS) is 9.88. The second-order valence-corrected chi connectivity index (χ2v) is 3.55. The van der Waals surface area contributed by atoms with E-state index < -0.39 is 0 Å². The van der Waals surface area contributed by atoms with Crippen LogP contribution < -0.4 is 0 Å². The van der Waals surface area contributed by atoms with E-state index in [9.17, 15) is 14.7 Å². The number of carbonyl (C=O) groups excluding carboxylic acids is 2. The predicted octanol–water partition coefficient (Wildman–Crippen LogP) is 2.44. The zero-order valence-corrected chi connectivity index (χ0v) is 8.96. The molecular weight excluding hydrogens is 216 g/mol. The lowest BCUT2D eigenvalue weighted by Gasteiger charge is -2.05. The van der Waals surface area contributed by atoms with Crippen molar-refractivity contribution in [3.63, 3.8) is 0 Å². The molecule has 0 saturated carbocycles. The van der Waals surface area contributed by atoms with E-state index in [1.807, 2.05) is 0 Å². The van der Waals surface area contributed by atoms with Crippen molar-refractivity contribution in [2.75, 3.05) is 0 Å². The fraction of sp³-hybridized carbons (Fsp3) is 0. The van der Waals surface area contributed by atoms with E-state index >= 15 is 0 Å². The Balaban J connectivity index is 2.52. The van der Waals surface area contributed by atoms with Gasteiger partial charge in [0.15, 0.2) is 12.1 Å². The Hall–Kier alpha value is -2.42. The minimum absolute atomic E-state index is 0.0290. The van der Waals surface area contributed by atoms with E-state index in [1.165, 1.54) is 12.1 Å². The first-order valence-corrected chi connectivity index (χ1v) is 5.11. The highest BCUT2D eigenvalue weighted by Gasteiger charge is 2.15. The second-order valence-electron chi connectivity index (χ2n) is 3.55. The van der Waals surface area contributed by atoms with Gasteiger partial charge in [-0.2, -0.15) is 0 Å². The number of phenolic OH excluding ortho intramolecular Hbond substituents is 1. The van der Waals surface area contributed by atoms with Crippen LogP contribution in [0, 0.1) is 0 Å². The Morgan fingerprint density at radius 3 is 2.35 bits per heavy atom. The molecule has 2 aromatic rings. The smallest absolute Gasteiger partial charge is 0.193 e. The molecule has 1 N–H and O–H groups in total. The van der Waals surface area contributed by atoms with Crippen molar-refractivity contribution in [2.24, 2.45) is 0 Å². The Kier molecular flexibility index (Phi) is 3.01. The molecule has 0 atom stereocenters. The molecule has 84 valence electrons. The summed E-state index contributed by atoms with van der Waals surface area (Å²) in [5.74, 6) is -0.453. The summed E-state index contributed by atoms with van der Waals surface area (Å²) in [6.07, 6.45) is 0.492. The van der Waals surface area contributed by atoms with Crippen molar-refractivity contribution >= 4 is 12.1 Å². The summed E-state index contributed by atoms with van der Waals surface area (Å²) < 4.78 is 0. The van der Waals surface area contributed by atoms with Gasteiger partial charge in [-0.1, -0.05) is 42.5 Å². The molecule has 0 aliphatic rings. The van der Waals surface area contributed by atoms with Crippen LogP contribution in [0.15, 0.2) is 48.5 Å². The van der Waals surface area contributed by atoms with Crippen molar-refractivity contribution in [3.8, 4) is 5.75 Å². The Morgan fingerprint density at radius 1 is 1.00 bits per heavy atom. The number of aromatic hydroxyl groups is 1. The van der Waals surface area contributed by atoms with Crippen molar-refractivity contribution in [1.29, 1.82) is 0 Å². The number of phenols is 1. The average Bonchev–Trinajstić information content (AvgIpc) is 2.38. The Bertz CT molecular complexity index is 559. The van der Waals surface area contributed by atoms with E-state index in [4.69, 9.17) is 0 Å². The molecule has 0 aliphatic heterocycles. The molecule has 0 aromatic heterocycles. The first kappa shape index (κ1) is 11.1. The lowest BCUT2D eigenvalue weighted by Crippen LogP contribution is -2.05. The van der Waals surface area contributed by atoms with E-state index in [0.29, 0.717) is 11.8 Å². The summed E-state index contributed by atoms with van der Waals surface area (Å²) in [6, 6.07) is 13.1. The van der Waals surface area contributed by atoms with Crippen LogP contribution in [-0.2, 0) is 0 Å². The molecule has 0 bridgehead atoms. The molecule has 0 aliphatic carbocycles. The van der Waals surface area contributed by atoms with Crippen LogP contribution in [-0.4, -0.2) is 17.2 Å². The van der Waals surface area contributed by atoms with Gasteiger partial charge in [0, 0.05) is 11.1 Å². The fourth-order valence-corrected chi connectivity index (χ4v) is 1.62. The highest BCUT2D eigenvalue weighted by atomic mass is 16.3. The minimum atomic E-state index is -0.274. The summed E-state index contributed by atoms with van der Waals surface area (Å²) in [7, 11) is 0. The first-order valence-electron chi connectivity index (χ1n) is 5.11. The van der Waals surface area contributed by atoms with Gasteiger partial charge >= 0.3 is 0 Å². The molecule has 3 heteroatoms. The quantitative estimate of drug-likeness (QED) is 0.646. The molecule has 2 aromatic carbocycles. The van der Waals surface area contributed by atoms with Crippen LogP contribution >= 0.6 is 0 Å². The zero-order chi connectivity index (χ0) is 12.3. The van der Waals surface area contributed by atoms with Gasteiger partial charge in [0.1, 0.15) is 5.75 Å². The monoisotopic (exact) mass is 226 g/mol. The lowest BCUT2D eigenvalue weighted by molar-refractivity contribution is 0.102. The SMILES string of the molecule is O=Cc1c(O)cccc1C(=O)c1ccccc1. The molecule has 0 fully saturated rings. The number of benzene rings is 2. The topological polar surface area (TPSA) is 54.4 Å². The highest BCUT2D eigenvalue weighted by Crippen LogP contribution is 2.21. The summed E-state index contributed by atoms with van der Waals surface area (Å²) in [5.41, 5.74) is 0.730. The maximum Gasteiger partial charge on any atom is 0.193 e. The van der Waals surface area contributed by atoms with Gasteiger partial charge in [-0.05, 0) is 6.07 Å². The number of hydrogen-bond acceptors (Lipinski definition) is 3. The number of rotatable bonds is 3. The van der Waals surface area contributed by atoms with Crippen molar-refractivity contribution in [2.45, 2.75) is 0 Å². The van der Waals surface area contributed by atoms with Gasteiger partial charge in [-0.25, -0.2) is 0 Å². The van der Waals surface area contributed by atoms with Crippen LogP contribution in [0.25, 0.3) is 0 Å². The third-order valence-electron chi connectivity index (χ3n) is 2.48. The standard InChI is InChI=1S/C14H10O3/c15-9-12-11(7-4-8-13(12)16)14(17)10-5-2-1-3-6-10/h1-9,16H. The number of carbonyl (C=O) groups is 2. The van der Waals surface area contributed by atoms with E-state index in [1.54, 1.807) is 36.4 Å². The summed E-state index contributed by atoms with van der Waals surface area (Å²) >= 11 is 0. The zero-order valence-electron chi connectivity index (χ0n) is 8.96. The lowest BCUT2D eigenvalue weighted by atomic mass is 9.98. The van der Waals surface area contributed by atoms with Crippen molar-refractivity contribution in [3.05, 3.63) is 65.2 Å². The average molecular weight is 226 g/mol. The number of hydrogen-bond donors (Lipinski definition) is 1. The largest absolute Gasteiger partial charge is 0.507 e. The highest BCUT2D eigenvalue weighted by molar-refractivity contribution is 6.13. The van der Waals surface area contributed by atoms with Crippen LogP contribution in [0.5, 0.6) is 5.75 Å². The van der Waals surface area contributed by atoms with Gasteiger partial charge in [-0.15, -0.1) is 0 Å². The molecular formula is C14H10O3. The summed E-state index contributed by atoms with van der Waals surface area (Å²) in [6.45, 7) is 0. The fourth-order valence-electron chi connectivity index (χ4n) is 1.62. The van der Waals surface area contributed by atoms with Crippen molar-refractivity contribution in [1.82, 2.24) is 0 Å². The maximum atomic E-state index is 12.1. The van der Waals surface area contributed by atoms with Crippen LogP contribution in [0.2, 0.25) is 0 Å². The summed E-state index contributed by atoms with van der Waals surface area (Å²) in [5, 5.41) is 9.50. The van der Waals surface area contributed by atoms with Gasteiger partial charge in [0.2, 0.25) is 0 Å². The molecule has 0 spiro atoms. The van der Waals surface area contributed by atoms with Crippen LogP contribution in [0.3, 0.4) is 0 Å². The van der Waals surface area contributed by atoms with Crippen LogP contribution in [0.4, 0.5) is 0 Å². The Labute approximate surface area is 98.3 Å². The van der Waals surface area contributed by atoms with Crippen molar-refractivity contribution < 1.29 is 14.7 Å². The van der Waals surface area contributed by atoms with E-state index in [0.717, 1.165) is 0 Å². The maximum absolute atomic E-state index is 12.1. The first-order chi connectivity index (χ1) is 8.24. The molecule has 0 heterocycles. The molecule has 0 unspecified atom stereocenters. The number of aldehydes is 1. The Morgan fingerprint density at radius 2 is 1.71 bits per heavy atom. The summed E-state index contributed by atoms with van der Waals surface area (Å²) in [4.78, 5) is 23.0. The van der Waals surface area contributed by atoms with Gasteiger partial charge in [-0.3, -0.25) is 9.59 Å².